The van der Waals surface area contributed by atoms with Crippen LogP contribution in [0, 0.1) is 12.8 Å². The molecular weight excluding hydrogens is 392 g/mol. The summed E-state index contributed by atoms with van der Waals surface area (Å²) in [4.78, 5) is 8.36. The van der Waals surface area contributed by atoms with Crippen LogP contribution in [0.25, 0.3) is 33.3 Å². The molecule has 0 saturated carbocycles. The van der Waals surface area contributed by atoms with Crippen molar-refractivity contribution in [1.29, 1.82) is 0 Å². The van der Waals surface area contributed by atoms with Crippen LogP contribution in [0.4, 0.5) is 0 Å². The highest BCUT2D eigenvalue weighted by Gasteiger charge is 2.14. The van der Waals surface area contributed by atoms with E-state index in [1.54, 1.807) is 0 Å². The van der Waals surface area contributed by atoms with E-state index in [1.165, 1.54) is 56.1 Å². The van der Waals surface area contributed by atoms with Crippen LogP contribution >= 0.6 is 11.6 Å². The number of H-pyrrole nitrogens is 1. The Balaban J connectivity index is 1.35. The number of nitrogens with zero attached hydrogens (tertiary/aromatic N) is 2. The van der Waals surface area contributed by atoms with Crippen molar-refractivity contribution in [2.45, 2.75) is 45.6 Å². The fourth-order valence-electron chi connectivity index (χ4n) is 4.88. The van der Waals surface area contributed by atoms with E-state index < -0.39 is 0 Å². The van der Waals surface area contributed by atoms with Crippen LogP contribution in [0.1, 0.15) is 37.7 Å². The second kappa shape index (κ2) is 8.44. The van der Waals surface area contributed by atoms with Gasteiger partial charge in [-0.15, -0.1) is 0 Å². The van der Waals surface area contributed by atoms with Crippen molar-refractivity contribution in [2.75, 3.05) is 13.1 Å². The Kier molecular flexibility index (Phi) is 5.53. The number of aryl methyl sites for hydroxylation is 2. The summed E-state index contributed by atoms with van der Waals surface area (Å²) in [7, 11) is 0. The number of imidazole rings is 1. The molecule has 1 aliphatic heterocycles. The van der Waals surface area contributed by atoms with Gasteiger partial charge in [-0.05, 0) is 75.0 Å². The highest BCUT2D eigenvalue weighted by Crippen LogP contribution is 2.31. The summed E-state index contributed by atoms with van der Waals surface area (Å²) < 4.78 is 2.39. The first-order chi connectivity index (χ1) is 14.7. The minimum absolute atomic E-state index is 0.740. The Hall–Kier alpha value is -2.30. The molecular formula is C25H29ClN4. The van der Waals surface area contributed by atoms with Gasteiger partial charge in [0.2, 0.25) is 0 Å². The standard InChI is InChI=1S/C25H29ClN4/c1-17-15-19(26)16-22-24(17)29-25(28-22)21-6-4-7-23-20(21)10-14-30(23)13-3-2-5-18-8-11-27-12-9-18/h4,6-7,10,14-16,18,27H,2-3,5,8-9,11-13H2,1H3,(H,28,29). The number of rotatable bonds is 6. The van der Waals surface area contributed by atoms with Crippen molar-refractivity contribution in [3.05, 3.63) is 53.2 Å². The van der Waals surface area contributed by atoms with Gasteiger partial charge in [0.15, 0.2) is 0 Å². The third kappa shape index (κ3) is 3.86. The lowest BCUT2D eigenvalue weighted by Crippen LogP contribution is -2.27. The van der Waals surface area contributed by atoms with Crippen LogP contribution in [0.5, 0.6) is 0 Å². The predicted molar refractivity (Wildman–Crippen MR) is 126 cm³/mol. The second-order valence-corrected chi connectivity index (χ2v) is 9.08. The Morgan fingerprint density at radius 3 is 2.87 bits per heavy atom. The molecule has 1 fully saturated rings. The molecule has 0 atom stereocenters. The topological polar surface area (TPSA) is 45.6 Å². The SMILES string of the molecule is Cc1cc(Cl)cc2[nH]c(-c3cccc4c3ccn4CCCCC3CCNCC3)nc12. The van der Waals surface area contributed by atoms with Gasteiger partial charge in [0.1, 0.15) is 5.82 Å². The van der Waals surface area contributed by atoms with E-state index in [-0.39, 0.29) is 0 Å². The maximum atomic E-state index is 6.23. The number of fused-ring (bicyclic) bond motifs is 2. The van der Waals surface area contributed by atoms with Gasteiger partial charge < -0.3 is 14.9 Å². The quantitative estimate of drug-likeness (QED) is 0.358. The monoisotopic (exact) mass is 420 g/mol. The molecule has 0 unspecified atom stereocenters. The Morgan fingerprint density at radius 2 is 2.00 bits per heavy atom. The third-order valence-corrected chi connectivity index (χ3v) is 6.75. The zero-order chi connectivity index (χ0) is 20.5. The van der Waals surface area contributed by atoms with Gasteiger partial charge in [0.05, 0.1) is 11.0 Å². The van der Waals surface area contributed by atoms with Gasteiger partial charge in [-0.1, -0.05) is 36.6 Å². The van der Waals surface area contributed by atoms with E-state index in [4.69, 9.17) is 16.6 Å². The zero-order valence-electron chi connectivity index (χ0n) is 17.5. The number of hydrogen-bond acceptors (Lipinski definition) is 2. The van der Waals surface area contributed by atoms with Gasteiger partial charge in [-0.3, -0.25) is 0 Å². The Labute approximate surface area is 182 Å². The van der Waals surface area contributed by atoms with E-state index in [0.717, 1.165) is 45.5 Å². The lowest BCUT2D eigenvalue weighted by atomic mass is 9.92. The van der Waals surface area contributed by atoms with Crippen LogP contribution in [0.3, 0.4) is 0 Å². The first-order valence-corrected chi connectivity index (χ1v) is 11.5. The molecule has 5 heteroatoms. The molecule has 0 bridgehead atoms. The Morgan fingerprint density at radius 1 is 1.13 bits per heavy atom. The average Bonchev–Trinajstić information content (AvgIpc) is 3.36. The number of unbranched alkanes of at least 4 members (excludes halogenated alkanes) is 1. The van der Waals surface area contributed by atoms with Crippen molar-refractivity contribution in [3.63, 3.8) is 0 Å². The van der Waals surface area contributed by atoms with E-state index in [1.807, 2.05) is 12.1 Å². The van der Waals surface area contributed by atoms with Crippen LogP contribution in [-0.4, -0.2) is 27.6 Å². The van der Waals surface area contributed by atoms with E-state index in [2.05, 4.69) is 52.3 Å². The van der Waals surface area contributed by atoms with Crippen molar-refractivity contribution >= 4 is 33.5 Å². The molecule has 4 aromatic rings. The molecule has 2 aromatic heterocycles. The molecule has 1 aliphatic rings. The summed E-state index contributed by atoms with van der Waals surface area (Å²) in [5.41, 5.74) is 5.50. The first kappa shape index (κ1) is 19.7. The highest BCUT2D eigenvalue weighted by atomic mass is 35.5. The minimum atomic E-state index is 0.740. The average molecular weight is 421 g/mol. The lowest BCUT2D eigenvalue weighted by molar-refractivity contribution is 0.341. The summed E-state index contributed by atoms with van der Waals surface area (Å²) >= 11 is 6.23. The van der Waals surface area contributed by atoms with Gasteiger partial charge in [-0.25, -0.2) is 4.98 Å². The first-order valence-electron chi connectivity index (χ1n) is 11.1. The van der Waals surface area contributed by atoms with Gasteiger partial charge in [-0.2, -0.15) is 0 Å². The number of halogens is 1. The molecule has 2 aromatic carbocycles. The molecule has 0 amide bonds. The summed E-state index contributed by atoms with van der Waals surface area (Å²) in [5.74, 6) is 1.83. The third-order valence-electron chi connectivity index (χ3n) is 6.53. The highest BCUT2D eigenvalue weighted by molar-refractivity contribution is 6.31. The van der Waals surface area contributed by atoms with Crippen LogP contribution in [0.15, 0.2) is 42.6 Å². The maximum Gasteiger partial charge on any atom is 0.139 e. The maximum absolute atomic E-state index is 6.23. The van der Waals surface area contributed by atoms with Crippen molar-refractivity contribution in [3.8, 4) is 11.4 Å². The second-order valence-electron chi connectivity index (χ2n) is 8.64. The van der Waals surface area contributed by atoms with Crippen LogP contribution in [0.2, 0.25) is 5.02 Å². The number of benzene rings is 2. The van der Waals surface area contributed by atoms with Crippen molar-refractivity contribution in [2.24, 2.45) is 5.92 Å². The Bertz CT molecular complexity index is 1170. The summed E-state index contributed by atoms with van der Waals surface area (Å²) in [5, 5.41) is 5.45. The fraction of sp³-hybridized carbons (Fsp3) is 0.400. The van der Waals surface area contributed by atoms with Gasteiger partial charge >= 0.3 is 0 Å². The smallest absolute Gasteiger partial charge is 0.139 e. The van der Waals surface area contributed by atoms with Crippen LogP contribution in [-0.2, 0) is 6.54 Å². The summed E-state index contributed by atoms with van der Waals surface area (Å²) in [6.45, 7) is 5.53. The van der Waals surface area contributed by atoms with Crippen LogP contribution < -0.4 is 5.32 Å². The number of aromatic nitrogens is 3. The molecule has 2 N–H and O–H groups in total. The summed E-state index contributed by atoms with van der Waals surface area (Å²) in [6, 6.07) is 12.7. The lowest BCUT2D eigenvalue weighted by Gasteiger charge is -2.22. The molecule has 0 radical (unpaired) electrons. The molecule has 4 nitrogen and oxygen atoms in total. The van der Waals surface area contributed by atoms with E-state index in [0.29, 0.717) is 0 Å². The minimum Gasteiger partial charge on any atom is -0.347 e. The van der Waals surface area contributed by atoms with Crippen molar-refractivity contribution < 1.29 is 0 Å². The molecule has 5 rings (SSSR count). The van der Waals surface area contributed by atoms with E-state index >= 15 is 0 Å². The van der Waals surface area contributed by atoms with E-state index in [9.17, 15) is 0 Å². The molecule has 1 saturated heterocycles. The molecule has 30 heavy (non-hydrogen) atoms. The molecule has 156 valence electrons. The number of hydrogen-bond donors (Lipinski definition) is 2. The largest absolute Gasteiger partial charge is 0.347 e. The predicted octanol–water partition coefficient (Wildman–Crippen LogP) is 6.32. The molecule has 3 heterocycles. The molecule has 0 aliphatic carbocycles. The van der Waals surface area contributed by atoms with Gasteiger partial charge in [0, 0.05) is 34.2 Å². The summed E-state index contributed by atoms with van der Waals surface area (Å²) in [6.07, 6.45) is 8.83. The number of nitrogens with one attached hydrogen (secondary N) is 2. The number of aromatic amines is 1. The molecule has 0 spiro atoms. The fourth-order valence-corrected chi connectivity index (χ4v) is 5.16. The van der Waals surface area contributed by atoms with Crippen molar-refractivity contribution in [1.82, 2.24) is 19.9 Å². The number of piperidine rings is 1. The van der Waals surface area contributed by atoms with Gasteiger partial charge in [0.25, 0.3) is 0 Å². The normalized spacial score (nSPS) is 15.4. The zero-order valence-corrected chi connectivity index (χ0v) is 18.3.